The van der Waals surface area contributed by atoms with Crippen molar-refractivity contribution >= 4 is 35.0 Å². The minimum absolute atomic E-state index is 0.0293. The maximum absolute atomic E-state index is 13.4. The lowest BCUT2D eigenvalue weighted by Crippen LogP contribution is -2.37. The Morgan fingerprint density at radius 1 is 1.19 bits per heavy atom. The number of anilines is 1. The van der Waals surface area contributed by atoms with Gasteiger partial charge in [-0.2, -0.15) is 4.98 Å². The summed E-state index contributed by atoms with van der Waals surface area (Å²) in [7, 11) is 1.34. The Labute approximate surface area is 216 Å². The first-order valence-electron chi connectivity index (χ1n) is 11.3. The summed E-state index contributed by atoms with van der Waals surface area (Å²) in [6, 6.07) is 9.53. The number of methoxy groups -OCH3 is 1. The summed E-state index contributed by atoms with van der Waals surface area (Å²) in [5, 5.41) is 20.7. The quantitative estimate of drug-likeness (QED) is 0.143. The van der Waals surface area contributed by atoms with Gasteiger partial charge in [0, 0.05) is 18.4 Å². The van der Waals surface area contributed by atoms with Crippen LogP contribution in [0.5, 0.6) is 17.4 Å². The lowest BCUT2D eigenvalue weighted by Gasteiger charge is -2.31. The third kappa shape index (κ3) is 4.89. The molecule has 1 atom stereocenters. The molecule has 2 aromatic carbocycles. The zero-order valence-corrected chi connectivity index (χ0v) is 21.3. The van der Waals surface area contributed by atoms with Crippen molar-refractivity contribution < 1.29 is 28.7 Å². The topological polar surface area (TPSA) is 147 Å². The number of thioether (sulfide) groups is 1. The average Bonchev–Trinajstić information content (AvgIpc) is 3.06. The van der Waals surface area contributed by atoms with E-state index < -0.39 is 22.8 Å². The van der Waals surface area contributed by atoms with E-state index in [-0.39, 0.29) is 47.4 Å². The number of carbonyl (C=O) groups excluding carboxylic acids is 2. The average molecular weight is 526 g/mol. The van der Waals surface area contributed by atoms with Gasteiger partial charge in [0.15, 0.2) is 5.69 Å². The summed E-state index contributed by atoms with van der Waals surface area (Å²) in [5.74, 6) is -1.26. The van der Waals surface area contributed by atoms with Gasteiger partial charge in [0.2, 0.25) is 28.9 Å². The number of amides is 1. The fourth-order valence-electron chi connectivity index (χ4n) is 3.78. The van der Waals surface area contributed by atoms with Crippen LogP contribution in [0.3, 0.4) is 0 Å². The summed E-state index contributed by atoms with van der Waals surface area (Å²) >= 11 is 1.24. The molecule has 4 rings (SSSR count). The molecule has 0 unspecified atom stereocenters. The molecule has 2 heterocycles. The molecule has 37 heavy (non-hydrogen) atoms. The van der Waals surface area contributed by atoms with Crippen molar-refractivity contribution in [3.63, 3.8) is 0 Å². The first kappa shape index (κ1) is 25.8. The van der Waals surface area contributed by atoms with Gasteiger partial charge in [0.1, 0.15) is 5.75 Å². The molecule has 13 heteroatoms. The highest BCUT2D eigenvalue weighted by Gasteiger charge is 2.39. The molecule has 0 radical (unpaired) electrons. The first-order chi connectivity index (χ1) is 17.8. The Morgan fingerprint density at radius 2 is 1.95 bits per heavy atom. The molecule has 0 fully saturated rings. The molecule has 0 saturated carbocycles. The molecule has 0 N–H and O–H groups in total. The summed E-state index contributed by atoms with van der Waals surface area (Å²) in [4.78, 5) is 42.9. The van der Waals surface area contributed by atoms with Crippen LogP contribution in [0.25, 0.3) is 11.3 Å². The maximum Gasteiger partial charge on any atom is 0.315 e. The van der Waals surface area contributed by atoms with E-state index in [2.05, 4.69) is 15.2 Å². The highest BCUT2D eigenvalue weighted by molar-refractivity contribution is 7.98. The first-order valence-corrected chi connectivity index (χ1v) is 12.5. The van der Waals surface area contributed by atoms with Crippen molar-refractivity contribution in [2.24, 2.45) is 0 Å². The summed E-state index contributed by atoms with van der Waals surface area (Å²) < 4.78 is 17.1. The monoisotopic (exact) mass is 525 g/mol. The van der Waals surface area contributed by atoms with Gasteiger partial charge < -0.3 is 14.2 Å². The molecule has 1 aliphatic heterocycles. The van der Waals surface area contributed by atoms with Gasteiger partial charge in [0.25, 0.3) is 0 Å². The van der Waals surface area contributed by atoms with E-state index >= 15 is 0 Å². The van der Waals surface area contributed by atoms with Crippen LogP contribution < -0.4 is 19.1 Å². The Bertz CT molecular complexity index is 1380. The summed E-state index contributed by atoms with van der Waals surface area (Å²) in [5.41, 5.74) is 0.742. The third-order valence-corrected chi connectivity index (χ3v) is 6.08. The van der Waals surface area contributed by atoms with Crippen LogP contribution in [0.4, 0.5) is 11.4 Å². The van der Waals surface area contributed by atoms with Crippen molar-refractivity contribution in [1.82, 2.24) is 15.2 Å². The molecule has 0 saturated heterocycles. The van der Waals surface area contributed by atoms with Crippen molar-refractivity contribution in [3.8, 4) is 28.6 Å². The predicted octanol–water partition coefficient (Wildman–Crippen LogP) is 4.33. The van der Waals surface area contributed by atoms with Gasteiger partial charge in [-0.25, -0.2) is 0 Å². The number of nitro groups is 1. The van der Waals surface area contributed by atoms with Crippen LogP contribution >= 0.6 is 11.8 Å². The Morgan fingerprint density at radius 3 is 2.59 bits per heavy atom. The number of carbonyl (C=O) groups is 2. The van der Waals surface area contributed by atoms with E-state index in [9.17, 15) is 19.7 Å². The SMILES string of the molecule is CCC(=O)Oc1c([C@H]2Oc3nc(SC)nnc3-c3ccccc3N2C(=O)CC)cc(OC)cc1[N+](=O)[O-]. The van der Waals surface area contributed by atoms with E-state index in [0.717, 1.165) is 6.07 Å². The smallest absolute Gasteiger partial charge is 0.315 e. The van der Waals surface area contributed by atoms with Gasteiger partial charge in [-0.3, -0.25) is 24.6 Å². The predicted molar refractivity (Wildman–Crippen MR) is 134 cm³/mol. The molecule has 3 aromatic rings. The minimum atomic E-state index is -1.32. The molecule has 0 bridgehead atoms. The maximum atomic E-state index is 13.4. The molecular weight excluding hydrogens is 502 g/mol. The second kappa shape index (κ2) is 10.8. The number of fused-ring (bicyclic) bond motifs is 3. The number of hydrogen-bond donors (Lipinski definition) is 0. The number of ether oxygens (including phenoxy) is 3. The molecule has 192 valence electrons. The van der Waals surface area contributed by atoms with E-state index in [4.69, 9.17) is 14.2 Å². The highest BCUT2D eigenvalue weighted by atomic mass is 32.2. The summed E-state index contributed by atoms with van der Waals surface area (Å²) in [6.07, 6.45) is 0.489. The molecule has 12 nitrogen and oxygen atoms in total. The standard InChI is InChI=1S/C24H23N5O7S/c1-5-18(30)28-16-10-8-7-9-14(16)20-22(25-24(37-4)27-26-20)36-23(28)15-11-13(34-3)12-17(29(32)33)21(15)35-19(31)6-2/h7-12,23H,5-6H2,1-4H3/t23-/m1/s1. The number of nitrogens with zero attached hydrogens (tertiary/aromatic N) is 5. The number of benzene rings is 2. The summed E-state index contributed by atoms with van der Waals surface area (Å²) in [6.45, 7) is 3.24. The number of hydrogen-bond acceptors (Lipinski definition) is 11. The zero-order valence-electron chi connectivity index (χ0n) is 20.5. The van der Waals surface area contributed by atoms with Crippen molar-refractivity contribution in [2.45, 2.75) is 38.1 Å². The Kier molecular flexibility index (Phi) is 7.53. The largest absolute Gasteiger partial charge is 0.496 e. The second-order valence-corrected chi connectivity index (χ2v) is 8.48. The van der Waals surface area contributed by atoms with Crippen LogP contribution in [-0.4, -0.2) is 45.3 Å². The van der Waals surface area contributed by atoms with E-state index in [1.54, 1.807) is 44.4 Å². The normalized spacial score (nSPS) is 14.1. The van der Waals surface area contributed by atoms with Crippen LogP contribution in [0.15, 0.2) is 41.6 Å². The van der Waals surface area contributed by atoms with Crippen LogP contribution in [-0.2, 0) is 9.59 Å². The number of esters is 1. The number of para-hydroxylation sites is 1. The lowest BCUT2D eigenvalue weighted by molar-refractivity contribution is -0.385. The molecule has 1 aromatic heterocycles. The van der Waals surface area contributed by atoms with Crippen LogP contribution in [0.1, 0.15) is 38.5 Å². The zero-order chi connectivity index (χ0) is 26.7. The minimum Gasteiger partial charge on any atom is -0.496 e. The highest BCUT2D eigenvalue weighted by Crippen LogP contribution is 2.47. The lowest BCUT2D eigenvalue weighted by atomic mass is 10.1. The van der Waals surface area contributed by atoms with Gasteiger partial charge in [-0.05, 0) is 18.4 Å². The molecule has 0 aliphatic carbocycles. The van der Waals surface area contributed by atoms with Gasteiger partial charge in [0.05, 0.1) is 29.4 Å². The third-order valence-electron chi connectivity index (χ3n) is 5.54. The molecule has 1 aliphatic rings. The Balaban J connectivity index is 2.07. The van der Waals surface area contributed by atoms with Gasteiger partial charge in [-0.1, -0.05) is 43.8 Å². The number of aromatic nitrogens is 3. The van der Waals surface area contributed by atoms with Crippen LogP contribution in [0, 0.1) is 10.1 Å². The number of rotatable bonds is 7. The Hall–Kier alpha value is -4.26. The molecule has 1 amide bonds. The molecule has 0 spiro atoms. The van der Waals surface area contributed by atoms with E-state index in [0.29, 0.717) is 16.4 Å². The molecular formula is C24H23N5O7S. The van der Waals surface area contributed by atoms with E-state index in [1.807, 2.05) is 0 Å². The fourth-order valence-corrected chi connectivity index (χ4v) is 4.08. The van der Waals surface area contributed by atoms with Crippen molar-refractivity contribution in [3.05, 3.63) is 52.1 Å². The van der Waals surface area contributed by atoms with Crippen molar-refractivity contribution in [1.29, 1.82) is 0 Å². The van der Waals surface area contributed by atoms with Gasteiger partial charge in [-0.15, -0.1) is 10.2 Å². The second-order valence-electron chi connectivity index (χ2n) is 7.71. The van der Waals surface area contributed by atoms with E-state index in [1.165, 1.54) is 29.8 Å². The van der Waals surface area contributed by atoms with Crippen molar-refractivity contribution in [2.75, 3.05) is 18.3 Å². The van der Waals surface area contributed by atoms with Crippen LogP contribution in [0.2, 0.25) is 0 Å². The fraction of sp³-hybridized carbons (Fsp3) is 0.292. The number of nitro benzene ring substituents is 1. The van der Waals surface area contributed by atoms with Gasteiger partial charge >= 0.3 is 11.7 Å².